The largest absolute Gasteiger partial charge is 0.394 e. The minimum absolute atomic E-state index is 0.179. The van der Waals surface area contributed by atoms with Gasteiger partial charge in [0.25, 0.3) is 11.5 Å². The Morgan fingerprint density at radius 2 is 2.00 bits per heavy atom. The molecule has 0 saturated heterocycles. The molecule has 0 radical (unpaired) electrons. The van der Waals surface area contributed by atoms with Crippen molar-refractivity contribution in [3.8, 4) is 0 Å². The second-order valence-corrected chi connectivity index (χ2v) is 5.40. The highest BCUT2D eigenvalue weighted by Crippen LogP contribution is 2.39. The van der Waals surface area contributed by atoms with E-state index in [1.807, 2.05) is 6.92 Å². The van der Waals surface area contributed by atoms with Gasteiger partial charge in [-0.25, -0.2) is 0 Å². The molecule has 1 aliphatic heterocycles. The molecule has 3 N–H and O–H groups in total. The summed E-state index contributed by atoms with van der Waals surface area (Å²) in [7, 11) is 0. The number of amides is 1. The molecule has 2 heterocycles. The lowest BCUT2D eigenvalue weighted by Gasteiger charge is -2.33. The molecule has 0 spiro atoms. The molecule has 5 nitrogen and oxygen atoms in total. The van der Waals surface area contributed by atoms with Gasteiger partial charge in [-0.1, -0.05) is 12.8 Å². The molecular formula is C13H17N3O2. The Morgan fingerprint density at radius 3 is 2.67 bits per heavy atom. The van der Waals surface area contributed by atoms with Crippen LogP contribution >= 0.6 is 0 Å². The van der Waals surface area contributed by atoms with E-state index in [9.17, 15) is 9.59 Å². The van der Waals surface area contributed by atoms with E-state index in [2.05, 4.69) is 5.32 Å². The molecule has 2 aliphatic rings. The first-order valence-corrected chi connectivity index (χ1v) is 6.38. The molecule has 1 atom stereocenters. The summed E-state index contributed by atoms with van der Waals surface area (Å²) < 4.78 is 1.56. The third-order valence-corrected chi connectivity index (χ3v) is 4.33. The van der Waals surface area contributed by atoms with Crippen molar-refractivity contribution in [1.29, 1.82) is 0 Å². The molecular weight excluding hydrogens is 230 g/mol. The van der Waals surface area contributed by atoms with Crippen molar-refractivity contribution in [2.24, 2.45) is 5.92 Å². The Hall–Kier alpha value is -1.78. The molecule has 3 rings (SSSR count). The molecule has 1 aliphatic carbocycles. The summed E-state index contributed by atoms with van der Waals surface area (Å²) in [4.78, 5) is 24.2. The zero-order valence-corrected chi connectivity index (χ0v) is 10.4. The summed E-state index contributed by atoms with van der Waals surface area (Å²) in [6, 6.07) is 3.14. The van der Waals surface area contributed by atoms with Crippen molar-refractivity contribution in [2.75, 3.05) is 5.73 Å². The van der Waals surface area contributed by atoms with Gasteiger partial charge in [-0.15, -0.1) is 0 Å². The first-order chi connectivity index (χ1) is 8.54. The first-order valence-electron chi connectivity index (χ1n) is 6.38. The van der Waals surface area contributed by atoms with Crippen LogP contribution in [0.4, 0.5) is 5.69 Å². The number of aromatic nitrogens is 1. The first kappa shape index (κ1) is 11.3. The SMILES string of the molecule is CC1(C2CCCC2)NC(=O)c2ccc(N)c(=O)n21. The van der Waals surface area contributed by atoms with Crippen LogP contribution in [-0.4, -0.2) is 10.5 Å². The Balaban J connectivity index is 2.20. The number of carbonyl (C=O) groups excluding carboxylic acids is 1. The van der Waals surface area contributed by atoms with Gasteiger partial charge in [0.15, 0.2) is 0 Å². The van der Waals surface area contributed by atoms with Crippen LogP contribution in [0.2, 0.25) is 0 Å². The van der Waals surface area contributed by atoms with Crippen LogP contribution in [-0.2, 0) is 5.66 Å². The standard InChI is InChI=1S/C13H17N3O2/c1-13(8-4-2-3-5-8)15-11(17)10-7-6-9(14)12(18)16(10)13/h6-8H,2-5,14H2,1H3,(H,15,17). The Bertz CT molecular complexity index is 572. The van der Waals surface area contributed by atoms with Gasteiger partial charge in [0.05, 0.1) is 5.69 Å². The van der Waals surface area contributed by atoms with Crippen LogP contribution in [0.25, 0.3) is 0 Å². The zero-order chi connectivity index (χ0) is 12.9. The number of pyridine rings is 1. The van der Waals surface area contributed by atoms with Crippen molar-refractivity contribution in [2.45, 2.75) is 38.3 Å². The second kappa shape index (κ2) is 3.60. The second-order valence-electron chi connectivity index (χ2n) is 5.40. The number of hydrogen-bond acceptors (Lipinski definition) is 3. The zero-order valence-electron chi connectivity index (χ0n) is 10.4. The van der Waals surface area contributed by atoms with E-state index >= 15 is 0 Å². The van der Waals surface area contributed by atoms with E-state index in [0.717, 1.165) is 25.7 Å². The van der Waals surface area contributed by atoms with E-state index in [1.54, 1.807) is 10.6 Å². The average molecular weight is 247 g/mol. The van der Waals surface area contributed by atoms with Gasteiger partial charge in [-0.05, 0) is 31.9 Å². The third-order valence-electron chi connectivity index (χ3n) is 4.33. The van der Waals surface area contributed by atoms with Gasteiger partial charge in [-0.2, -0.15) is 0 Å². The van der Waals surface area contributed by atoms with Gasteiger partial charge in [0, 0.05) is 5.92 Å². The van der Waals surface area contributed by atoms with E-state index in [0.29, 0.717) is 11.6 Å². The van der Waals surface area contributed by atoms with E-state index in [-0.39, 0.29) is 17.2 Å². The molecule has 0 aromatic carbocycles. The number of anilines is 1. The number of hydrogen-bond donors (Lipinski definition) is 2. The van der Waals surface area contributed by atoms with Crippen molar-refractivity contribution in [3.63, 3.8) is 0 Å². The molecule has 1 amide bonds. The Labute approximate surface area is 105 Å². The van der Waals surface area contributed by atoms with Crippen LogP contribution in [0, 0.1) is 5.92 Å². The van der Waals surface area contributed by atoms with Gasteiger partial charge in [0.2, 0.25) is 0 Å². The Kier molecular flexibility index (Phi) is 2.27. The molecule has 1 saturated carbocycles. The summed E-state index contributed by atoms with van der Waals surface area (Å²) in [5.41, 5.74) is 5.42. The fraction of sp³-hybridized carbons (Fsp3) is 0.538. The van der Waals surface area contributed by atoms with Crippen molar-refractivity contribution < 1.29 is 4.79 Å². The topological polar surface area (TPSA) is 77.1 Å². The van der Waals surface area contributed by atoms with E-state index < -0.39 is 5.66 Å². The van der Waals surface area contributed by atoms with Gasteiger partial charge in [-0.3, -0.25) is 14.2 Å². The summed E-state index contributed by atoms with van der Waals surface area (Å²) in [6.45, 7) is 1.93. The predicted octanol–water partition coefficient (Wildman–Crippen LogP) is 1.04. The molecule has 96 valence electrons. The van der Waals surface area contributed by atoms with Gasteiger partial charge >= 0.3 is 0 Å². The molecule has 1 aromatic rings. The highest BCUT2D eigenvalue weighted by atomic mass is 16.2. The van der Waals surface area contributed by atoms with Crippen molar-refractivity contribution in [1.82, 2.24) is 9.88 Å². The van der Waals surface area contributed by atoms with Crippen molar-refractivity contribution in [3.05, 3.63) is 28.2 Å². The van der Waals surface area contributed by atoms with Crippen molar-refractivity contribution >= 4 is 11.6 Å². The number of nitrogens with two attached hydrogens (primary N) is 1. The average Bonchev–Trinajstić information content (AvgIpc) is 2.92. The molecule has 18 heavy (non-hydrogen) atoms. The normalized spacial score (nSPS) is 27.3. The van der Waals surface area contributed by atoms with Crippen LogP contribution < -0.4 is 16.6 Å². The lowest BCUT2D eigenvalue weighted by atomic mass is 9.92. The van der Waals surface area contributed by atoms with Crippen LogP contribution in [0.3, 0.4) is 0 Å². The maximum absolute atomic E-state index is 12.2. The molecule has 1 unspecified atom stereocenters. The van der Waals surface area contributed by atoms with E-state index in [4.69, 9.17) is 5.73 Å². The van der Waals surface area contributed by atoms with E-state index in [1.165, 1.54) is 6.07 Å². The number of fused-ring (bicyclic) bond motifs is 1. The fourth-order valence-corrected chi connectivity index (χ4v) is 3.31. The highest BCUT2D eigenvalue weighted by Gasteiger charge is 2.46. The number of nitrogen functional groups attached to an aromatic ring is 1. The highest BCUT2D eigenvalue weighted by molar-refractivity contribution is 5.95. The smallest absolute Gasteiger partial charge is 0.276 e. The third kappa shape index (κ3) is 1.33. The monoisotopic (exact) mass is 247 g/mol. The van der Waals surface area contributed by atoms with Crippen LogP contribution in [0.5, 0.6) is 0 Å². The van der Waals surface area contributed by atoms with Gasteiger partial charge in [0.1, 0.15) is 11.4 Å². The predicted molar refractivity (Wildman–Crippen MR) is 68.2 cm³/mol. The minimum Gasteiger partial charge on any atom is -0.394 e. The minimum atomic E-state index is -0.616. The lowest BCUT2D eigenvalue weighted by molar-refractivity contribution is 0.0874. The van der Waals surface area contributed by atoms with Gasteiger partial charge < -0.3 is 11.1 Å². The molecule has 0 bridgehead atoms. The number of nitrogens with zero attached hydrogens (tertiary/aromatic N) is 1. The maximum atomic E-state index is 12.2. The summed E-state index contributed by atoms with van der Waals surface area (Å²) in [5.74, 6) is 0.128. The van der Waals surface area contributed by atoms with Crippen LogP contribution in [0.1, 0.15) is 43.1 Å². The lowest BCUT2D eigenvalue weighted by Crippen LogP contribution is -2.50. The number of carbonyl (C=O) groups is 1. The maximum Gasteiger partial charge on any atom is 0.276 e. The molecule has 1 fully saturated rings. The Morgan fingerprint density at radius 1 is 1.33 bits per heavy atom. The number of rotatable bonds is 1. The summed E-state index contributed by atoms with van der Waals surface area (Å²) in [6.07, 6.45) is 4.39. The summed E-state index contributed by atoms with van der Waals surface area (Å²) >= 11 is 0. The molecule has 5 heteroatoms. The quantitative estimate of drug-likeness (QED) is 0.778. The summed E-state index contributed by atoms with van der Waals surface area (Å²) in [5, 5.41) is 2.97. The number of nitrogens with one attached hydrogen (secondary N) is 1. The van der Waals surface area contributed by atoms with Crippen LogP contribution in [0.15, 0.2) is 16.9 Å². The fourth-order valence-electron chi connectivity index (χ4n) is 3.31. The molecule has 1 aromatic heterocycles.